The van der Waals surface area contributed by atoms with E-state index in [0.29, 0.717) is 12.2 Å². The molecule has 0 fully saturated rings. The Bertz CT molecular complexity index is 676. The first-order chi connectivity index (χ1) is 10.7. The molecular weight excluding hydrogens is 282 g/mol. The van der Waals surface area contributed by atoms with Gasteiger partial charge < -0.3 is 19.2 Å². The van der Waals surface area contributed by atoms with E-state index in [4.69, 9.17) is 13.9 Å². The number of amides is 1. The highest BCUT2D eigenvalue weighted by atomic mass is 16.7. The van der Waals surface area contributed by atoms with Gasteiger partial charge in [-0.25, -0.2) is 0 Å². The van der Waals surface area contributed by atoms with Gasteiger partial charge in [-0.2, -0.15) is 0 Å². The minimum absolute atomic E-state index is 0.0000499. The van der Waals surface area contributed by atoms with Gasteiger partial charge in [0.15, 0.2) is 11.5 Å². The number of carbonyl (C=O) groups excluding carboxylic acids is 1. The molecule has 1 aromatic heterocycles. The zero-order chi connectivity index (χ0) is 15.4. The van der Waals surface area contributed by atoms with Gasteiger partial charge in [0.1, 0.15) is 5.76 Å². The second-order valence-corrected chi connectivity index (χ2v) is 5.14. The molecule has 114 valence electrons. The van der Waals surface area contributed by atoms with E-state index >= 15 is 0 Å². The molecule has 1 unspecified atom stereocenters. The fourth-order valence-corrected chi connectivity index (χ4v) is 2.26. The van der Waals surface area contributed by atoms with Crippen molar-refractivity contribution < 1.29 is 18.7 Å². The van der Waals surface area contributed by atoms with Crippen molar-refractivity contribution in [3.63, 3.8) is 0 Å². The molecule has 0 saturated heterocycles. The lowest BCUT2D eigenvalue weighted by molar-refractivity contribution is -0.117. The quantitative estimate of drug-likeness (QED) is 0.862. The van der Waals surface area contributed by atoms with Crippen LogP contribution in [0, 0.1) is 0 Å². The summed E-state index contributed by atoms with van der Waals surface area (Å²) in [5.41, 5.74) is 0.887. The predicted octanol–water partition coefficient (Wildman–Crippen LogP) is 2.77. The Morgan fingerprint density at radius 1 is 1.32 bits per heavy atom. The largest absolute Gasteiger partial charge is 0.469 e. The van der Waals surface area contributed by atoms with Gasteiger partial charge in [-0.3, -0.25) is 4.79 Å². The van der Waals surface area contributed by atoms with E-state index in [0.717, 1.165) is 17.1 Å². The topological polar surface area (TPSA) is 60.7 Å². The maximum absolute atomic E-state index is 11.9. The number of hydrogen-bond donors (Lipinski definition) is 1. The molecule has 0 bridgehead atoms. The zero-order valence-electron chi connectivity index (χ0n) is 12.2. The molecule has 1 aromatic carbocycles. The van der Waals surface area contributed by atoms with Crippen LogP contribution in [0.1, 0.15) is 18.2 Å². The summed E-state index contributed by atoms with van der Waals surface area (Å²) in [6.45, 7) is 2.18. The first-order valence-electron chi connectivity index (χ1n) is 7.11. The van der Waals surface area contributed by atoms with Gasteiger partial charge in [-0.05, 0) is 42.8 Å². The molecule has 0 saturated carbocycles. The Hall–Kier alpha value is -2.69. The van der Waals surface area contributed by atoms with Crippen molar-refractivity contribution in [2.24, 2.45) is 0 Å². The highest BCUT2D eigenvalue weighted by Crippen LogP contribution is 2.32. The standard InChI is InChI=1S/C17H17NO4/c1-12(9-14-3-2-8-20-14)18-17(19)7-5-13-4-6-15-16(10-13)22-11-21-15/h2-8,10,12H,9,11H2,1H3,(H,18,19). The van der Waals surface area contributed by atoms with Crippen LogP contribution < -0.4 is 14.8 Å². The Labute approximate surface area is 128 Å². The van der Waals surface area contributed by atoms with Crippen LogP contribution in [0.5, 0.6) is 11.5 Å². The van der Waals surface area contributed by atoms with Crippen molar-refractivity contribution in [3.8, 4) is 11.5 Å². The van der Waals surface area contributed by atoms with E-state index in [2.05, 4.69) is 5.32 Å². The number of ether oxygens (including phenoxy) is 2. The minimum atomic E-state index is -0.142. The average Bonchev–Trinajstić information content (AvgIpc) is 3.15. The lowest BCUT2D eigenvalue weighted by Gasteiger charge is -2.10. The number of benzene rings is 1. The first kappa shape index (κ1) is 14.3. The monoisotopic (exact) mass is 299 g/mol. The van der Waals surface area contributed by atoms with Crippen molar-refractivity contribution in [2.75, 3.05) is 6.79 Å². The van der Waals surface area contributed by atoms with Gasteiger partial charge in [0.25, 0.3) is 0 Å². The molecule has 2 aromatic rings. The van der Waals surface area contributed by atoms with Gasteiger partial charge in [0.05, 0.1) is 6.26 Å². The van der Waals surface area contributed by atoms with Gasteiger partial charge in [0, 0.05) is 18.5 Å². The van der Waals surface area contributed by atoms with Crippen LogP contribution in [-0.4, -0.2) is 18.7 Å². The molecular formula is C17H17NO4. The van der Waals surface area contributed by atoms with Crippen molar-refractivity contribution in [2.45, 2.75) is 19.4 Å². The first-order valence-corrected chi connectivity index (χ1v) is 7.11. The highest BCUT2D eigenvalue weighted by molar-refractivity contribution is 5.92. The maximum atomic E-state index is 11.9. The molecule has 3 rings (SSSR count). The Morgan fingerprint density at radius 2 is 2.18 bits per heavy atom. The van der Waals surface area contributed by atoms with Crippen LogP contribution >= 0.6 is 0 Å². The third kappa shape index (κ3) is 3.49. The van der Waals surface area contributed by atoms with Crippen molar-refractivity contribution >= 4 is 12.0 Å². The van der Waals surface area contributed by atoms with Crippen LogP contribution in [0.25, 0.3) is 6.08 Å². The van der Waals surface area contributed by atoms with Crippen molar-refractivity contribution in [1.29, 1.82) is 0 Å². The van der Waals surface area contributed by atoms with E-state index < -0.39 is 0 Å². The summed E-state index contributed by atoms with van der Waals surface area (Å²) in [5, 5.41) is 2.90. The molecule has 2 heterocycles. The number of nitrogens with one attached hydrogen (secondary N) is 1. The smallest absolute Gasteiger partial charge is 0.244 e. The van der Waals surface area contributed by atoms with Crippen LogP contribution in [-0.2, 0) is 11.2 Å². The summed E-state index contributed by atoms with van der Waals surface area (Å²) in [5.74, 6) is 2.15. The summed E-state index contributed by atoms with van der Waals surface area (Å²) in [6, 6.07) is 9.29. The fourth-order valence-electron chi connectivity index (χ4n) is 2.26. The molecule has 0 radical (unpaired) electrons. The number of furan rings is 1. The maximum Gasteiger partial charge on any atom is 0.244 e. The van der Waals surface area contributed by atoms with E-state index in [-0.39, 0.29) is 18.7 Å². The van der Waals surface area contributed by atoms with Crippen LogP contribution in [0.3, 0.4) is 0 Å². The normalized spacial score (nSPS) is 14.2. The van der Waals surface area contributed by atoms with Gasteiger partial charge >= 0.3 is 0 Å². The number of fused-ring (bicyclic) bond motifs is 1. The van der Waals surface area contributed by atoms with Crippen LogP contribution in [0.2, 0.25) is 0 Å². The van der Waals surface area contributed by atoms with Crippen molar-refractivity contribution in [1.82, 2.24) is 5.32 Å². The highest BCUT2D eigenvalue weighted by Gasteiger charge is 2.12. The van der Waals surface area contributed by atoms with E-state index in [9.17, 15) is 4.79 Å². The molecule has 22 heavy (non-hydrogen) atoms. The molecule has 5 heteroatoms. The molecule has 0 aliphatic carbocycles. The van der Waals surface area contributed by atoms with Gasteiger partial charge in [-0.1, -0.05) is 6.07 Å². The zero-order valence-corrected chi connectivity index (χ0v) is 12.2. The molecule has 0 spiro atoms. The van der Waals surface area contributed by atoms with Crippen molar-refractivity contribution in [3.05, 3.63) is 54.0 Å². The van der Waals surface area contributed by atoms with E-state index in [1.807, 2.05) is 37.3 Å². The third-order valence-electron chi connectivity index (χ3n) is 3.30. The second kappa shape index (κ2) is 6.39. The average molecular weight is 299 g/mol. The fraction of sp³-hybridized carbons (Fsp3) is 0.235. The number of hydrogen-bond acceptors (Lipinski definition) is 4. The molecule has 5 nitrogen and oxygen atoms in total. The van der Waals surface area contributed by atoms with Crippen LogP contribution in [0.4, 0.5) is 0 Å². The van der Waals surface area contributed by atoms with E-state index in [1.54, 1.807) is 12.3 Å². The molecule has 1 amide bonds. The van der Waals surface area contributed by atoms with E-state index in [1.165, 1.54) is 6.08 Å². The Morgan fingerprint density at radius 3 is 3.00 bits per heavy atom. The summed E-state index contributed by atoms with van der Waals surface area (Å²) < 4.78 is 15.8. The molecule has 1 aliphatic rings. The third-order valence-corrected chi connectivity index (χ3v) is 3.30. The summed E-state index contributed by atoms with van der Waals surface area (Å²) in [6.07, 6.45) is 5.55. The lowest BCUT2D eigenvalue weighted by Crippen LogP contribution is -2.32. The Balaban J connectivity index is 1.54. The predicted molar refractivity (Wildman–Crippen MR) is 81.6 cm³/mol. The summed E-state index contributed by atoms with van der Waals surface area (Å²) in [7, 11) is 0. The van der Waals surface area contributed by atoms with Gasteiger partial charge in [0.2, 0.25) is 12.7 Å². The number of carbonyl (C=O) groups is 1. The SMILES string of the molecule is CC(Cc1ccco1)NC(=O)C=Cc1ccc2c(c1)OCO2. The molecule has 1 N–H and O–H groups in total. The lowest BCUT2D eigenvalue weighted by atomic mass is 10.1. The second-order valence-electron chi connectivity index (χ2n) is 5.14. The minimum Gasteiger partial charge on any atom is -0.469 e. The molecule has 1 atom stereocenters. The van der Waals surface area contributed by atoms with Gasteiger partial charge in [-0.15, -0.1) is 0 Å². The summed E-state index contributed by atoms with van der Waals surface area (Å²) in [4.78, 5) is 11.9. The van der Waals surface area contributed by atoms with Crippen LogP contribution in [0.15, 0.2) is 47.1 Å². The Kier molecular flexibility index (Phi) is 4.14. The molecule has 1 aliphatic heterocycles. The number of rotatable bonds is 5. The summed E-state index contributed by atoms with van der Waals surface area (Å²) >= 11 is 0.